The molecule has 0 saturated heterocycles. The molecule has 19 heavy (non-hydrogen) atoms. The summed E-state index contributed by atoms with van der Waals surface area (Å²) < 4.78 is 0. The molecule has 4 atom stereocenters. The van der Waals surface area contributed by atoms with E-state index in [1.54, 1.807) is 24.3 Å². The van der Waals surface area contributed by atoms with Gasteiger partial charge in [0, 0.05) is 16.6 Å². The Balaban J connectivity index is 1.61. The molecule has 3 rings (SSSR count). The lowest BCUT2D eigenvalue weighted by molar-refractivity contribution is 0.0915. The van der Waals surface area contributed by atoms with E-state index in [1.807, 2.05) is 0 Å². The molecule has 2 fully saturated rings. The number of hydrogen-bond acceptors (Lipinski definition) is 1. The smallest absolute Gasteiger partial charge is 0.251 e. The number of rotatable bonds is 3. The van der Waals surface area contributed by atoms with Crippen molar-refractivity contribution in [3.8, 4) is 0 Å². The minimum Gasteiger partial charge on any atom is -0.349 e. The van der Waals surface area contributed by atoms with Gasteiger partial charge in [-0.1, -0.05) is 18.0 Å². The number of halogens is 1. The zero-order valence-electron chi connectivity index (χ0n) is 11.2. The number of amides is 1. The van der Waals surface area contributed by atoms with Gasteiger partial charge in [0.1, 0.15) is 0 Å². The van der Waals surface area contributed by atoms with Crippen LogP contribution in [0.1, 0.15) is 43.0 Å². The van der Waals surface area contributed by atoms with Gasteiger partial charge < -0.3 is 5.32 Å². The first-order valence-electron chi connectivity index (χ1n) is 7.20. The van der Waals surface area contributed by atoms with Crippen molar-refractivity contribution in [2.24, 2.45) is 17.8 Å². The van der Waals surface area contributed by atoms with Gasteiger partial charge in [-0.3, -0.25) is 4.79 Å². The van der Waals surface area contributed by atoms with Crippen LogP contribution in [-0.2, 0) is 0 Å². The molecule has 1 N–H and O–H groups in total. The molecule has 1 aromatic rings. The van der Waals surface area contributed by atoms with Crippen LogP contribution in [0.2, 0.25) is 5.02 Å². The molecule has 0 unspecified atom stereocenters. The molecule has 1 aromatic carbocycles. The van der Waals surface area contributed by atoms with Crippen LogP contribution in [0.4, 0.5) is 0 Å². The summed E-state index contributed by atoms with van der Waals surface area (Å²) >= 11 is 5.84. The maximum absolute atomic E-state index is 12.2. The van der Waals surface area contributed by atoms with Crippen LogP contribution >= 0.6 is 11.6 Å². The minimum absolute atomic E-state index is 0.0203. The van der Waals surface area contributed by atoms with Crippen molar-refractivity contribution >= 4 is 17.5 Å². The summed E-state index contributed by atoms with van der Waals surface area (Å²) in [6, 6.07) is 7.37. The lowest BCUT2D eigenvalue weighted by Gasteiger charge is -2.28. The molecular formula is C16H20ClNO. The molecule has 1 amide bonds. The van der Waals surface area contributed by atoms with E-state index < -0.39 is 0 Å². The molecule has 0 aromatic heterocycles. The van der Waals surface area contributed by atoms with E-state index in [1.165, 1.54) is 25.7 Å². The second-order valence-corrected chi connectivity index (χ2v) is 6.54. The van der Waals surface area contributed by atoms with Crippen molar-refractivity contribution < 1.29 is 4.79 Å². The van der Waals surface area contributed by atoms with E-state index in [-0.39, 0.29) is 11.9 Å². The quantitative estimate of drug-likeness (QED) is 0.892. The van der Waals surface area contributed by atoms with Crippen LogP contribution < -0.4 is 5.32 Å². The topological polar surface area (TPSA) is 29.1 Å². The molecule has 0 heterocycles. The Hall–Kier alpha value is -1.02. The Morgan fingerprint density at radius 3 is 2.58 bits per heavy atom. The molecule has 0 aliphatic heterocycles. The monoisotopic (exact) mass is 277 g/mol. The van der Waals surface area contributed by atoms with Crippen LogP contribution in [0.5, 0.6) is 0 Å². The van der Waals surface area contributed by atoms with E-state index in [0.717, 1.165) is 11.8 Å². The van der Waals surface area contributed by atoms with Crippen molar-refractivity contribution in [3.63, 3.8) is 0 Å². The first kappa shape index (κ1) is 13.0. The number of carbonyl (C=O) groups excluding carboxylic acids is 1. The van der Waals surface area contributed by atoms with Crippen LogP contribution in [0.25, 0.3) is 0 Å². The summed E-state index contributed by atoms with van der Waals surface area (Å²) in [6.45, 7) is 2.15. The third-order valence-corrected chi connectivity index (χ3v) is 5.15. The molecule has 2 aliphatic carbocycles. The van der Waals surface area contributed by atoms with Gasteiger partial charge in [-0.05, 0) is 68.2 Å². The average Bonchev–Trinajstić information content (AvgIpc) is 3.01. The van der Waals surface area contributed by atoms with E-state index in [9.17, 15) is 4.79 Å². The highest BCUT2D eigenvalue weighted by Crippen LogP contribution is 2.49. The van der Waals surface area contributed by atoms with Gasteiger partial charge in [-0.15, -0.1) is 0 Å². The zero-order chi connectivity index (χ0) is 13.4. The molecular weight excluding hydrogens is 258 g/mol. The van der Waals surface area contributed by atoms with Crippen molar-refractivity contribution in [1.82, 2.24) is 5.32 Å². The summed E-state index contributed by atoms with van der Waals surface area (Å²) in [4.78, 5) is 12.2. The lowest BCUT2D eigenvalue weighted by atomic mass is 9.84. The third kappa shape index (κ3) is 2.64. The average molecular weight is 278 g/mol. The molecule has 0 radical (unpaired) electrons. The molecule has 102 valence electrons. The second-order valence-electron chi connectivity index (χ2n) is 6.11. The van der Waals surface area contributed by atoms with Gasteiger partial charge in [-0.2, -0.15) is 0 Å². The van der Waals surface area contributed by atoms with Crippen LogP contribution in [-0.4, -0.2) is 11.9 Å². The number of carbonyl (C=O) groups is 1. The van der Waals surface area contributed by atoms with Crippen LogP contribution in [0, 0.1) is 17.8 Å². The van der Waals surface area contributed by atoms with Gasteiger partial charge >= 0.3 is 0 Å². The van der Waals surface area contributed by atoms with Crippen molar-refractivity contribution in [1.29, 1.82) is 0 Å². The highest BCUT2D eigenvalue weighted by molar-refractivity contribution is 6.30. The Kier molecular flexibility index (Phi) is 3.53. The summed E-state index contributed by atoms with van der Waals surface area (Å²) in [6.07, 6.45) is 5.44. The van der Waals surface area contributed by atoms with Gasteiger partial charge in [-0.25, -0.2) is 0 Å². The fraction of sp³-hybridized carbons (Fsp3) is 0.562. The van der Waals surface area contributed by atoms with Gasteiger partial charge in [0.15, 0.2) is 0 Å². The van der Waals surface area contributed by atoms with Crippen molar-refractivity contribution in [3.05, 3.63) is 34.9 Å². The van der Waals surface area contributed by atoms with Gasteiger partial charge in [0.2, 0.25) is 0 Å². The molecule has 2 nitrogen and oxygen atoms in total. The Bertz CT molecular complexity index is 470. The van der Waals surface area contributed by atoms with E-state index >= 15 is 0 Å². The summed E-state index contributed by atoms with van der Waals surface area (Å²) in [5.74, 6) is 2.46. The highest BCUT2D eigenvalue weighted by Gasteiger charge is 2.42. The van der Waals surface area contributed by atoms with Gasteiger partial charge in [0.25, 0.3) is 5.91 Å². The molecule has 2 saturated carbocycles. The van der Waals surface area contributed by atoms with Crippen molar-refractivity contribution in [2.45, 2.75) is 38.6 Å². The lowest BCUT2D eigenvalue weighted by Crippen LogP contribution is -2.40. The van der Waals surface area contributed by atoms with Gasteiger partial charge in [0.05, 0.1) is 0 Å². The second kappa shape index (κ2) is 5.16. The zero-order valence-corrected chi connectivity index (χ0v) is 12.0. The number of nitrogens with one attached hydrogen (secondary N) is 1. The molecule has 2 aliphatic rings. The Morgan fingerprint density at radius 1 is 1.26 bits per heavy atom. The standard InChI is InChI=1S/C16H20ClNO/c1-10(15-9-11-2-3-13(15)8-11)18-16(19)12-4-6-14(17)7-5-12/h4-7,10-11,13,15H,2-3,8-9H2,1H3,(H,18,19)/t10-,11-,13-,15-/m0/s1. The molecule has 2 bridgehead atoms. The third-order valence-electron chi connectivity index (χ3n) is 4.90. The fourth-order valence-electron chi connectivity index (χ4n) is 3.90. The number of hydrogen-bond donors (Lipinski definition) is 1. The summed E-state index contributed by atoms with van der Waals surface area (Å²) in [5, 5.41) is 3.82. The minimum atomic E-state index is 0.0203. The first-order valence-corrected chi connectivity index (χ1v) is 7.57. The van der Waals surface area contributed by atoms with E-state index in [4.69, 9.17) is 11.6 Å². The van der Waals surface area contributed by atoms with E-state index in [0.29, 0.717) is 16.5 Å². The normalized spacial score (nSPS) is 30.3. The Labute approximate surface area is 119 Å². The summed E-state index contributed by atoms with van der Waals surface area (Å²) in [7, 11) is 0. The Morgan fingerprint density at radius 2 is 2.00 bits per heavy atom. The highest BCUT2D eigenvalue weighted by atomic mass is 35.5. The first-order chi connectivity index (χ1) is 9.13. The largest absolute Gasteiger partial charge is 0.349 e. The predicted molar refractivity (Wildman–Crippen MR) is 77.3 cm³/mol. The maximum Gasteiger partial charge on any atom is 0.251 e. The summed E-state index contributed by atoms with van der Waals surface area (Å²) in [5.41, 5.74) is 0.694. The maximum atomic E-state index is 12.2. The number of benzene rings is 1. The van der Waals surface area contributed by atoms with E-state index in [2.05, 4.69) is 12.2 Å². The predicted octanol–water partition coefficient (Wildman–Crippen LogP) is 3.89. The van der Waals surface area contributed by atoms with Crippen LogP contribution in [0.15, 0.2) is 24.3 Å². The molecule has 0 spiro atoms. The molecule has 3 heteroatoms. The SMILES string of the molecule is C[C@H](NC(=O)c1ccc(Cl)cc1)[C@@H]1C[C@H]2CC[C@H]1C2. The fourth-order valence-corrected chi connectivity index (χ4v) is 4.03. The van der Waals surface area contributed by atoms with Crippen molar-refractivity contribution in [2.75, 3.05) is 0 Å². The number of fused-ring (bicyclic) bond motifs is 2. The van der Waals surface area contributed by atoms with Crippen LogP contribution in [0.3, 0.4) is 0 Å².